The predicted octanol–water partition coefficient (Wildman–Crippen LogP) is 3.26. The van der Waals surface area contributed by atoms with Crippen molar-refractivity contribution >= 4 is 0 Å². The molecule has 0 aromatic heterocycles. The normalized spacial score (nSPS) is 10.6. The van der Waals surface area contributed by atoms with Gasteiger partial charge < -0.3 is 0 Å². The number of hydrogen-bond donors (Lipinski definition) is 0. The maximum Gasteiger partial charge on any atom is 0.126 e. The first-order valence-corrected chi connectivity index (χ1v) is 3.88. The molecule has 1 aromatic carbocycles. The zero-order valence-electron chi connectivity index (χ0n) is 7.19. The molecule has 0 unspecified atom stereocenters. The van der Waals surface area contributed by atoms with Gasteiger partial charge in [0.05, 0.1) is 0 Å². The second kappa shape index (κ2) is 3.04. The standard InChI is InChI=1S/C10H13F/c1-7(2)10-8(3)5-4-6-9(10)11/h4-7H,1-3H3. The van der Waals surface area contributed by atoms with Gasteiger partial charge in [-0.3, -0.25) is 0 Å². The number of hydrogen-bond acceptors (Lipinski definition) is 0. The minimum atomic E-state index is -0.0833. The first-order chi connectivity index (χ1) is 5.13. The molecule has 0 nitrogen and oxygen atoms in total. The highest BCUT2D eigenvalue weighted by atomic mass is 19.1. The van der Waals surface area contributed by atoms with E-state index in [0.29, 0.717) is 0 Å². The molecule has 0 fully saturated rings. The van der Waals surface area contributed by atoms with Gasteiger partial charge in [-0.1, -0.05) is 26.0 Å². The van der Waals surface area contributed by atoms with E-state index in [0.717, 1.165) is 11.1 Å². The lowest BCUT2D eigenvalue weighted by Crippen LogP contribution is -1.95. The zero-order chi connectivity index (χ0) is 8.43. The van der Waals surface area contributed by atoms with Crippen LogP contribution in [0.1, 0.15) is 30.9 Å². The van der Waals surface area contributed by atoms with Crippen molar-refractivity contribution in [1.29, 1.82) is 0 Å². The highest BCUT2D eigenvalue weighted by molar-refractivity contribution is 5.29. The second-order valence-corrected chi connectivity index (χ2v) is 3.13. The second-order valence-electron chi connectivity index (χ2n) is 3.13. The molecule has 0 radical (unpaired) electrons. The Hall–Kier alpha value is -0.850. The molecule has 0 spiro atoms. The fraction of sp³-hybridized carbons (Fsp3) is 0.400. The summed E-state index contributed by atoms with van der Waals surface area (Å²) in [6, 6.07) is 5.21. The van der Waals surface area contributed by atoms with E-state index < -0.39 is 0 Å². The molecule has 0 bridgehead atoms. The first-order valence-electron chi connectivity index (χ1n) is 3.88. The Morgan fingerprint density at radius 1 is 1.27 bits per heavy atom. The Balaban J connectivity index is 3.21. The first kappa shape index (κ1) is 8.25. The number of aryl methyl sites for hydroxylation is 1. The van der Waals surface area contributed by atoms with Crippen LogP contribution in [-0.4, -0.2) is 0 Å². The average Bonchev–Trinajstić information content (AvgIpc) is 1.85. The molecule has 1 heteroatoms. The van der Waals surface area contributed by atoms with Crippen molar-refractivity contribution in [3.05, 3.63) is 35.1 Å². The van der Waals surface area contributed by atoms with E-state index in [1.165, 1.54) is 6.07 Å². The van der Waals surface area contributed by atoms with Crippen molar-refractivity contribution in [2.45, 2.75) is 26.7 Å². The third-order valence-electron chi connectivity index (χ3n) is 1.85. The van der Waals surface area contributed by atoms with Crippen molar-refractivity contribution in [2.75, 3.05) is 0 Å². The minimum Gasteiger partial charge on any atom is -0.207 e. The molecule has 0 amide bonds. The summed E-state index contributed by atoms with van der Waals surface area (Å²) in [4.78, 5) is 0. The predicted molar refractivity (Wildman–Crippen MR) is 45.2 cm³/mol. The van der Waals surface area contributed by atoms with Crippen LogP contribution in [0.15, 0.2) is 18.2 Å². The molecular weight excluding hydrogens is 139 g/mol. The molecule has 11 heavy (non-hydrogen) atoms. The monoisotopic (exact) mass is 152 g/mol. The van der Waals surface area contributed by atoms with Crippen LogP contribution in [0.2, 0.25) is 0 Å². The SMILES string of the molecule is Cc1cccc(F)c1C(C)C. The van der Waals surface area contributed by atoms with Gasteiger partial charge in [0.2, 0.25) is 0 Å². The highest BCUT2D eigenvalue weighted by Gasteiger charge is 2.07. The van der Waals surface area contributed by atoms with E-state index >= 15 is 0 Å². The Bertz CT molecular complexity index is 231. The molecule has 0 atom stereocenters. The molecule has 0 aliphatic rings. The van der Waals surface area contributed by atoms with Gasteiger partial charge in [0.1, 0.15) is 5.82 Å². The smallest absolute Gasteiger partial charge is 0.126 e. The van der Waals surface area contributed by atoms with Gasteiger partial charge in [0, 0.05) is 0 Å². The van der Waals surface area contributed by atoms with Crippen molar-refractivity contribution in [1.82, 2.24) is 0 Å². The number of rotatable bonds is 1. The van der Waals surface area contributed by atoms with E-state index in [9.17, 15) is 4.39 Å². The molecule has 0 heterocycles. The Labute approximate surface area is 67.1 Å². The van der Waals surface area contributed by atoms with Gasteiger partial charge in [0.25, 0.3) is 0 Å². The van der Waals surface area contributed by atoms with Gasteiger partial charge in [-0.05, 0) is 30.0 Å². The maximum absolute atomic E-state index is 13.1. The van der Waals surface area contributed by atoms with Gasteiger partial charge >= 0.3 is 0 Å². The molecule has 0 aliphatic heterocycles. The zero-order valence-corrected chi connectivity index (χ0v) is 7.19. The molecule has 1 aromatic rings. The van der Waals surface area contributed by atoms with Crippen molar-refractivity contribution in [3.8, 4) is 0 Å². The van der Waals surface area contributed by atoms with E-state index in [2.05, 4.69) is 0 Å². The Morgan fingerprint density at radius 2 is 1.91 bits per heavy atom. The Kier molecular flexibility index (Phi) is 2.28. The van der Waals surface area contributed by atoms with Crippen LogP contribution >= 0.6 is 0 Å². The van der Waals surface area contributed by atoms with Crippen LogP contribution in [0.5, 0.6) is 0 Å². The lowest BCUT2D eigenvalue weighted by atomic mass is 9.98. The Morgan fingerprint density at radius 3 is 2.27 bits per heavy atom. The summed E-state index contributed by atoms with van der Waals surface area (Å²) < 4.78 is 13.1. The summed E-state index contributed by atoms with van der Waals surface area (Å²) in [5, 5.41) is 0. The lowest BCUT2D eigenvalue weighted by Gasteiger charge is -2.09. The summed E-state index contributed by atoms with van der Waals surface area (Å²) in [5.74, 6) is 0.191. The maximum atomic E-state index is 13.1. The number of benzene rings is 1. The van der Waals surface area contributed by atoms with Crippen molar-refractivity contribution in [3.63, 3.8) is 0 Å². The van der Waals surface area contributed by atoms with Gasteiger partial charge in [-0.15, -0.1) is 0 Å². The summed E-state index contributed by atoms with van der Waals surface area (Å²) in [6.45, 7) is 5.95. The van der Waals surface area contributed by atoms with E-state index in [-0.39, 0.29) is 11.7 Å². The number of halogens is 1. The highest BCUT2D eigenvalue weighted by Crippen LogP contribution is 2.21. The average molecular weight is 152 g/mol. The summed E-state index contributed by atoms with van der Waals surface area (Å²) in [7, 11) is 0. The third-order valence-corrected chi connectivity index (χ3v) is 1.85. The van der Waals surface area contributed by atoms with E-state index in [1.807, 2.05) is 26.8 Å². The fourth-order valence-electron chi connectivity index (χ4n) is 1.38. The van der Waals surface area contributed by atoms with E-state index in [4.69, 9.17) is 0 Å². The van der Waals surface area contributed by atoms with Crippen LogP contribution in [0.4, 0.5) is 4.39 Å². The molecule has 0 saturated carbocycles. The van der Waals surface area contributed by atoms with Gasteiger partial charge in [-0.2, -0.15) is 0 Å². The molecule has 1 rings (SSSR count). The van der Waals surface area contributed by atoms with Crippen LogP contribution in [0.25, 0.3) is 0 Å². The van der Waals surface area contributed by atoms with Crippen LogP contribution in [-0.2, 0) is 0 Å². The quantitative estimate of drug-likeness (QED) is 0.579. The van der Waals surface area contributed by atoms with Crippen LogP contribution < -0.4 is 0 Å². The molecule has 60 valence electrons. The minimum absolute atomic E-state index is 0.0833. The fourth-order valence-corrected chi connectivity index (χ4v) is 1.38. The molecule has 0 N–H and O–H groups in total. The van der Waals surface area contributed by atoms with Crippen LogP contribution in [0.3, 0.4) is 0 Å². The summed E-state index contributed by atoms with van der Waals surface area (Å²) in [5.41, 5.74) is 1.88. The van der Waals surface area contributed by atoms with Crippen molar-refractivity contribution in [2.24, 2.45) is 0 Å². The van der Waals surface area contributed by atoms with Gasteiger partial charge in [0.15, 0.2) is 0 Å². The van der Waals surface area contributed by atoms with Gasteiger partial charge in [-0.25, -0.2) is 4.39 Å². The molecule has 0 saturated heterocycles. The van der Waals surface area contributed by atoms with E-state index in [1.54, 1.807) is 6.07 Å². The largest absolute Gasteiger partial charge is 0.207 e. The van der Waals surface area contributed by atoms with Crippen LogP contribution in [0, 0.1) is 12.7 Å². The lowest BCUT2D eigenvalue weighted by molar-refractivity contribution is 0.596. The summed E-state index contributed by atoms with van der Waals surface area (Å²) >= 11 is 0. The molecular formula is C10H13F. The third kappa shape index (κ3) is 1.59. The topological polar surface area (TPSA) is 0 Å². The molecule has 0 aliphatic carbocycles. The van der Waals surface area contributed by atoms with Crippen molar-refractivity contribution < 1.29 is 4.39 Å². The summed E-state index contributed by atoms with van der Waals surface area (Å²) in [6.07, 6.45) is 0.